The van der Waals surface area contributed by atoms with E-state index in [9.17, 15) is 20.7 Å². The molecule has 0 spiro atoms. The molecule has 0 atom stereocenters. The van der Waals surface area contributed by atoms with Gasteiger partial charge < -0.3 is 19.7 Å². The van der Waals surface area contributed by atoms with Gasteiger partial charge in [-0.2, -0.15) is 10.5 Å². The summed E-state index contributed by atoms with van der Waals surface area (Å²) in [5, 5.41) is 41.5. The highest BCUT2D eigenvalue weighted by Gasteiger charge is 2.29. The van der Waals surface area contributed by atoms with E-state index in [1.807, 2.05) is 95.2 Å². The number of phenols is 2. The molecule has 0 heterocycles. The number of hydrogen-bond acceptors (Lipinski definition) is 6. The van der Waals surface area contributed by atoms with Crippen LogP contribution in [0.3, 0.4) is 0 Å². The second-order valence-corrected chi connectivity index (χ2v) is 15.0. The van der Waals surface area contributed by atoms with Gasteiger partial charge in [0.15, 0.2) is 11.5 Å². The first-order valence-electron chi connectivity index (χ1n) is 14.2. The molecule has 0 bridgehead atoms. The van der Waals surface area contributed by atoms with Crippen molar-refractivity contribution in [3.05, 3.63) is 69.8 Å². The number of ether oxygens (including phenoxy) is 2. The Morgan fingerprint density at radius 2 is 0.738 bits per heavy atom. The number of hydrogen-bond donors (Lipinski definition) is 2. The molecule has 0 saturated heterocycles. The molecular weight excluding hydrogens is 524 g/mol. The number of nitrogens with zero attached hydrogens (tertiary/aromatic N) is 2. The first-order valence-corrected chi connectivity index (χ1v) is 14.2. The summed E-state index contributed by atoms with van der Waals surface area (Å²) in [6, 6.07) is 14.4. The lowest BCUT2D eigenvalue weighted by Crippen LogP contribution is -2.17. The van der Waals surface area contributed by atoms with Gasteiger partial charge in [0, 0.05) is 34.4 Å². The molecule has 3 aromatic rings. The standard InChI is InChI=1S/C36H44N2O4/c1-33(2,3)23-17-29(25(15-27(23)39)35(7,8)9)41-31-13-21(19-37)22(20-38)14-32(31)42-30-18-24(34(4,5)6)28(40)16-26(30)36(10,11)12/h13-18,39-40H,1-12H3. The Balaban J connectivity index is 2.34. The van der Waals surface area contributed by atoms with Crippen molar-refractivity contribution in [2.45, 2.75) is 105 Å². The molecule has 0 unspecified atom stereocenters. The van der Waals surface area contributed by atoms with E-state index in [0.29, 0.717) is 22.6 Å². The third-order valence-corrected chi connectivity index (χ3v) is 7.19. The van der Waals surface area contributed by atoms with Gasteiger partial charge in [-0.15, -0.1) is 0 Å². The van der Waals surface area contributed by atoms with Crippen molar-refractivity contribution < 1.29 is 19.7 Å². The molecule has 0 saturated carbocycles. The molecule has 0 fully saturated rings. The lowest BCUT2D eigenvalue weighted by Gasteiger charge is -2.29. The second-order valence-electron chi connectivity index (χ2n) is 15.0. The van der Waals surface area contributed by atoms with Gasteiger partial charge in [-0.1, -0.05) is 83.1 Å². The average Bonchev–Trinajstić information content (AvgIpc) is 2.83. The van der Waals surface area contributed by atoms with Crippen molar-refractivity contribution in [2.75, 3.05) is 0 Å². The molecule has 0 aliphatic rings. The SMILES string of the molecule is CC(C)(C)c1cc(Oc2cc(C#N)c(C#N)cc2Oc2cc(C(C)(C)C)c(O)cc2C(C)(C)C)c(C(C)(C)C)cc1O. The van der Waals surface area contributed by atoms with Crippen molar-refractivity contribution in [2.24, 2.45) is 0 Å². The average molecular weight is 569 g/mol. The van der Waals surface area contributed by atoms with Gasteiger partial charge in [-0.05, 0) is 45.9 Å². The molecule has 0 aliphatic carbocycles. The Kier molecular flexibility index (Phi) is 8.41. The van der Waals surface area contributed by atoms with E-state index in [1.165, 1.54) is 12.1 Å². The van der Waals surface area contributed by atoms with E-state index in [-0.39, 0.29) is 55.8 Å². The van der Waals surface area contributed by atoms with Gasteiger partial charge in [0.1, 0.15) is 35.1 Å². The largest absolute Gasteiger partial charge is 0.508 e. The van der Waals surface area contributed by atoms with Crippen molar-refractivity contribution in [1.82, 2.24) is 0 Å². The van der Waals surface area contributed by atoms with Crippen molar-refractivity contribution >= 4 is 0 Å². The van der Waals surface area contributed by atoms with E-state index in [1.54, 1.807) is 12.1 Å². The van der Waals surface area contributed by atoms with Crippen LogP contribution in [0, 0.1) is 22.7 Å². The van der Waals surface area contributed by atoms with Crippen LogP contribution >= 0.6 is 0 Å². The summed E-state index contributed by atoms with van der Waals surface area (Å²) in [6.45, 7) is 24.3. The van der Waals surface area contributed by atoms with Crippen molar-refractivity contribution in [1.29, 1.82) is 10.5 Å². The number of nitriles is 2. The van der Waals surface area contributed by atoms with E-state index in [4.69, 9.17) is 9.47 Å². The fourth-order valence-corrected chi connectivity index (χ4v) is 4.82. The molecule has 0 radical (unpaired) electrons. The Bertz CT molecular complexity index is 1470. The van der Waals surface area contributed by atoms with E-state index < -0.39 is 0 Å². The van der Waals surface area contributed by atoms with Crippen LogP contribution < -0.4 is 9.47 Å². The van der Waals surface area contributed by atoms with Gasteiger partial charge in [0.05, 0.1) is 11.1 Å². The summed E-state index contributed by atoms with van der Waals surface area (Å²) in [6.07, 6.45) is 0. The van der Waals surface area contributed by atoms with Gasteiger partial charge in [-0.3, -0.25) is 0 Å². The summed E-state index contributed by atoms with van der Waals surface area (Å²) < 4.78 is 13.1. The number of rotatable bonds is 4. The minimum absolute atomic E-state index is 0.157. The predicted molar refractivity (Wildman–Crippen MR) is 167 cm³/mol. The summed E-state index contributed by atoms with van der Waals surface area (Å²) in [5.41, 5.74) is 1.80. The van der Waals surface area contributed by atoms with Gasteiger partial charge in [0.25, 0.3) is 0 Å². The summed E-state index contributed by atoms with van der Waals surface area (Å²) in [4.78, 5) is 0. The monoisotopic (exact) mass is 568 g/mol. The lowest BCUT2D eigenvalue weighted by molar-refractivity contribution is 0.391. The van der Waals surface area contributed by atoms with Crippen LogP contribution in [0.2, 0.25) is 0 Å². The Labute approximate surface area is 251 Å². The van der Waals surface area contributed by atoms with Gasteiger partial charge >= 0.3 is 0 Å². The number of aromatic hydroxyl groups is 2. The molecule has 6 heteroatoms. The highest BCUT2D eigenvalue weighted by atomic mass is 16.5. The van der Waals surface area contributed by atoms with Crippen molar-refractivity contribution in [3.8, 4) is 46.6 Å². The zero-order valence-corrected chi connectivity index (χ0v) is 27.1. The topological polar surface area (TPSA) is 106 Å². The minimum atomic E-state index is -0.382. The van der Waals surface area contributed by atoms with Gasteiger partial charge in [0.2, 0.25) is 0 Å². The van der Waals surface area contributed by atoms with Crippen LogP contribution in [0.5, 0.6) is 34.5 Å². The van der Waals surface area contributed by atoms with Gasteiger partial charge in [-0.25, -0.2) is 0 Å². The van der Waals surface area contributed by atoms with Crippen LogP contribution in [0.15, 0.2) is 36.4 Å². The molecule has 3 rings (SSSR count). The Morgan fingerprint density at radius 3 is 0.976 bits per heavy atom. The second kappa shape index (κ2) is 10.9. The number of phenolic OH excluding ortho intramolecular Hbond substituents is 2. The lowest BCUT2D eigenvalue weighted by atomic mass is 9.81. The molecule has 0 amide bonds. The van der Waals surface area contributed by atoms with E-state index in [0.717, 1.165) is 11.1 Å². The third kappa shape index (κ3) is 6.82. The molecule has 0 aliphatic heterocycles. The number of benzene rings is 3. The van der Waals surface area contributed by atoms with E-state index in [2.05, 4.69) is 12.1 Å². The summed E-state index contributed by atoms with van der Waals surface area (Å²) in [7, 11) is 0. The molecule has 42 heavy (non-hydrogen) atoms. The zero-order chi connectivity index (χ0) is 32.0. The quantitative estimate of drug-likeness (QED) is 0.324. The third-order valence-electron chi connectivity index (χ3n) is 7.19. The molecule has 3 aromatic carbocycles. The van der Waals surface area contributed by atoms with E-state index >= 15 is 0 Å². The van der Waals surface area contributed by atoms with Crippen LogP contribution in [-0.2, 0) is 21.7 Å². The first kappa shape index (κ1) is 32.4. The van der Waals surface area contributed by atoms with Crippen molar-refractivity contribution in [3.63, 3.8) is 0 Å². The fourth-order valence-electron chi connectivity index (χ4n) is 4.82. The summed E-state index contributed by atoms with van der Waals surface area (Å²) in [5.74, 6) is 1.91. The Hall–Kier alpha value is -4.16. The summed E-state index contributed by atoms with van der Waals surface area (Å²) >= 11 is 0. The molecular formula is C36H44N2O4. The van der Waals surface area contributed by atoms with Crippen LogP contribution in [-0.4, -0.2) is 10.2 Å². The molecule has 222 valence electrons. The Morgan fingerprint density at radius 1 is 0.452 bits per heavy atom. The highest BCUT2D eigenvalue weighted by molar-refractivity contribution is 5.61. The minimum Gasteiger partial charge on any atom is -0.508 e. The first-order chi connectivity index (χ1) is 19.1. The molecule has 2 N–H and O–H groups in total. The van der Waals surface area contributed by atoms with Crippen LogP contribution in [0.1, 0.15) is 116 Å². The smallest absolute Gasteiger partial charge is 0.171 e. The maximum absolute atomic E-state index is 10.9. The molecule has 0 aromatic heterocycles. The van der Waals surface area contributed by atoms with Crippen LogP contribution in [0.4, 0.5) is 0 Å². The maximum Gasteiger partial charge on any atom is 0.171 e. The highest BCUT2D eigenvalue weighted by Crippen LogP contribution is 2.47. The molecule has 6 nitrogen and oxygen atoms in total. The fraction of sp³-hybridized carbons (Fsp3) is 0.444. The van der Waals surface area contributed by atoms with Crippen LogP contribution in [0.25, 0.3) is 0 Å². The zero-order valence-electron chi connectivity index (χ0n) is 27.1. The normalized spacial score (nSPS) is 12.4. The predicted octanol–water partition coefficient (Wildman–Crippen LogP) is 9.62. The maximum atomic E-state index is 10.9.